The normalized spacial score (nSPS) is 16.9. The number of hydrogen-bond acceptors (Lipinski definition) is 1. The van der Waals surface area contributed by atoms with E-state index in [1.165, 1.54) is 39.8 Å². The molecule has 0 aliphatic heterocycles. The number of rotatable bonds is 3. The van der Waals surface area contributed by atoms with Crippen LogP contribution in [0.15, 0.2) is 30.3 Å². The van der Waals surface area contributed by atoms with Crippen LogP contribution in [-0.4, -0.2) is 0 Å². The molecule has 0 saturated carbocycles. The lowest BCUT2D eigenvalue weighted by atomic mass is 10.1. The van der Waals surface area contributed by atoms with Gasteiger partial charge in [-0.15, -0.1) is 0 Å². The fourth-order valence-corrected chi connectivity index (χ4v) is 3.51. The minimum Gasteiger partial charge on any atom is -0.489 e. The number of ether oxygens (including phenoxy) is 1. The zero-order chi connectivity index (χ0) is 15.0. The van der Waals surface area contributed by atoms with Gasteiger partial charge in [0.1, 0.15) is 12.4 Å². The monoisotopic (exact) mass is 280 g/mol. The van der Waals surface area contributed by atoms with E-state index in [-0.39, 0.29) is 0 Å². The smallest absolute Gasteiger partial charge is 0.123 e. The molecule has 0 spiro atoms. The second-order valence-corrected chi connectivity index (χ2v) is 6.70. The highest BCUT2D eigenvalue weighted by molar-refractivity contribution is 5.46. The molecule has 2 aromatic rings. The third-order valence-corrected chi connectivity index (χ3v) is 4.24. The van der Waals surface area contributed by atoms with Crippen molar-refractivity contribution in [3.63, 3.8) is 0 Å². The van der Waals surface area contributed by atoms with Crippen LogP contribution in [0, 0.1) is 26.7 Å². The summed E-state index contributed by atoms with van der Waals surface area (Å²) >= 11 is 0. The maximum Gasteiger partial charge on any atom is 0.123 e. The minimum absolute atomic E-state index is 0.660. The third-order valence-electron chi connectivity index (χ3n) is 4.24. The van der Waals surface area contributed by atoms with Crippen molar-refractivity contribution >= 4 is 0 Å². The molecular weight excluding hydrogens is 256 g/mol. The molecule has 3 rings (SSSR count). The molecule has 1 unspecified atom stereocenters. The van der Waals surface area contributed by atoms with Crippen molar-refractivity contribution in [1.82, 2.24) is 0 Å². The average Bonchev–Trinajstić information content (AvgIpc) is 2.75. The molecule has 0 bridgehead atoms. The van der Waals surface area contributed by atoms with Crippen molar-refractivity contribution in [3.8, 4) is 5.75 Å². The third kappa shape index (κ3) is 3.12. The summed E-state index contributed by atoms with van der Waals surface area (Å²) in [7, 11) is 0. The molecule has 110 valence electrons. The Bertz CT molecular complexity index is 650. The predicted molar refractivity (Wildman–Crippen MR) is 88.0 cm³/mol. The van der Waals surface area contributed by atoms with Gasteiger partial charge in [0, 0.05) is 0 Å². The topological polar surface area (TPSA) is 9.23 Å². The van der Waals surface area contributed by atoms with Gasteiger partial charge in [-0.05, 0) is 67.9 Å². The first-order chi connectivity index (χ1) is 10.0. The van der Waals surface area contributed by atoms with Gasteiger partial charge < -0.3 is 4.74 Å². The molecule has 0 N–H and O–H groups in total. The predicted octanol–water partition coefficient (Wildman–Crippen LogP) is 4.93. The van der Waals surface area contributed by atoms with E-state index in [1.54, 1.807) is 0 Å². The Morgan fingerprint density at radius 3 is 2.29 bits per heavy atom. The minimum atomic E-state index is 0.660. The van der Waals surface area contributed by atoms with Gasteiger partial charge in [0.15, 0.2) is 0 Å². The highest BCUT2D eigenvalue weighted by Crippen LogP contribution is 2.35. The van der Waals surface area contributed by atoms with Gasteiger partial charge in [-0.25, -0.2) is 0 Å². The first-order valence-electron chi connectivity index (χ1n) is 7.83. The van der Waals surface area contributed by atoms with Crippen molar-refractivity contribution in [2.45, 2.75) is 47.1 Å². The molecule has 1 aliphatic rings. The highest BCUT2D eigenvalue weighted by Gasteiger charge is 2.22. The first-order valence-corrected chi connectivity index (χ1v) is 7.83. The fraction of sp³-hybridized carbons (Fsp3) is 0.400. The molecule has 1 heteroatoms. The van der Waals surface area contributed by atoms with Gasteiger partial charge in [-0.2, -0.15) is 0 Å². The van der Waals surface area contributed by atoms with Crippen LogP contribution in [0.2, 0.25) is 0 Å². The second-order valence-electron chi connectivity index (χ2n) is 6.70. The van der Waals surface area contributed by atoms with Gasteiger partial charge in [-0.3, -0.25) is 0 Å². The summed E-state index contributed by atoms with van der Waals surface area (Å²) in [6, 6.07) is 11.1. The fourth-order valence-electron chi connectivity index (χ4n) is 3.51. The van der Waals surface area contributed by atoms with E-state index in [0.717, 1.165) is 18.1 Å². The van der Waals surface area contributed by atoms with Crippen LogP contribution in [-0.2, 0) is 19.4 Å². The van der Waals surface area contributed by atoms with Gasteiger partial charge in [0.2, 0.25) is 0 Å². The summed E-state index contributed by atoms with van der Waals surface area (Å²) in [5.74, 6) is 1.83. The molecule has 21 heavy (non-hydrogen) atoms. The van der Waals surface area contributed by atoms with E-state index in [1.807, 2.05) is 0 Å². The molecule has 1 atom stereocenters. The van der Waals surface area contributed by atoms with Crippen LogP contribution >= 0.6 is 0 Å². The molecule has 1 aliphatic carbocycles. The van der Waals surface area contributed by atoms with E-state index >= 15 is 0 Å². The van der Waals surface area contributed by atoms with Gasteiger partial charge in [-0.1, -0.05) is 42.3 Å². The first kappa shape index (κ1) is 14.2. The number of hydrogen-bond donors (Lipinski definition) is 0. The van der Waals surface area contributed by atoms with Crippen LogP contribution in [0.5, 0.6) is 5.75 Å². The Kier molecular flexibility index (Phi) is 3.75. The highest BCUT2D eigenvalue weighted by atomic mass is 16.5. The summed E-state index contributed by atoms with van der Waals surface area (Å²) in [5, 5.41) is 0. The summed E-state index contributed by atoms with van der Waals surface area (Å²) in [6.07, 6.45) is 2.34. The maximum atomic E-state index is 6.17. The largest absolute Gasteiger partial charge is 0.489 e. The van der Waals surface area contributed by atoms with E-state index < -0.39 is 0 Å². The maximum absolute atomic E-state index is 6.17. The quantitative estimate of drug-likeness (QED) is 0.775. The molecule has 1 nitrogen and oxygen atoms in total. The molecule has 0 saturated heterocycles. The SMILES string of the molecule is Cc1cc(C)cc(COc2cc(C)cc3c2CC(C)C3)c1. The second kappa shape index (κ2) is 5.55. The zero-order valence-corrected chi connectivity index (χ0v) is 13.5. The summed E-state index contributed by atoms with van der Waals surface area (Å²) in [5.41, 5.74) is 8.08. The Morgan fingerprint density at radius 1 is 0.905 bits per heavy atom. The lowest BCUT2D eigenvalue weighted by Gasteiger charge is -2.13. The van der Waals surface area contributed by atoms with Crippen LogP contribution in [0.25, 0.3) is 0 Å². The molecule has 0 radical (unpaired) electrons. The summed E-state index contributed by atoms with van der Waals surface area (Å²) in [4.78, 5) is 0. The van der Waals surface area contributed by atoms with E-state index in [4.69, 9.17) is 4.74 Å². The number of fused-ring (bicyclic) bond motifs is 1. The van der Waals surface area contributed by atoms with Crippen LogP contribution in [0.1, 0.15) is 40.3 Å². The van der Waals surface area contributed by atoms with Crippen LogP contribution in [0.4, 0.5) is 0 Å². The Morgan fingerprint density at radius 2 is 1.57 bits per heavy atom. The van der Waals surface area contributed by atoms with E-state index in [9.17, 15) is 0 Å². The Hall–Kier alpha value is -1.76. The van der Waals surface area contributed by atoms with E-state index in [2.05, 4.69) is 58.0 Å². The number of benzene rings is 2. The number of aryl methyl sites for hydroxylation is 3. The zero-order valence-electron chi connectivity index (χ0n) is 13.5. The lowest BCUT2D eigenvalue weighted by Crippen LogP contribution is -2.00. The summed E-state index contributed by atoms with van der Waals surface area (Å²) < 4.78 is 6.17. The standard InChI is InChI=1S/C20H24O/c1-13-5-14(2)7-17(6-13)12-21-20-11-16(4)9-18-8-15(3)10-19(18)20/h5-7,9,11,15H,8,10,12H2,1-4H3. The van der Waals surface area contributed by atoms with Crippen LogP contribution < -0.4 is 4.74 Å². The van der Waals surface area contributed by atoms with Crippen molar-refractivity contribution in [2.24, 2.45) is 5.92 Å². The van der Waals surface area contributed by atoms with Gasteiger partial charge in [0.25, 0.3) is 0 Å². The van der Waals surface area contributed by atoms with E-state index in [0.29, 0.717) is 6.61 Å². The molecule has 0 aromatic heterocycles. The lowest BCUT2D eigenvalue weighted by molar-refractivity contribution is 0.302. The van der Waals surface area contributed by atoms with Crippen molar-refractivity contribution in [2.75, 3.05) is 0 Å². The van der Waals surface area contributed by atoms with Gasteiger partial charge >= 0.3 is 0 Å². The van der Waals surface area contributed by atoms with Crippen molar-refractivity contribution in [3.05, 3.63) is 63.7 Å². The Balaban J connectivity index is 1.83. The van der Waals surface area contributed by atoms with Gasteiger partial charge in [0.05, 0.1) is 0 Å². The molecular formula is C20H24O. The molecule has 2 aromatic carbocycles. The average molecular weight is 280 g/mol. The molecule has 0 amide bonds. The van der Waals surface area contributed by atoms with Crippen molar-refractivity contribution < 1.29 is 4.74 Å². The van der Waals surface area contributed by atoms with Crippen LogP contribution in [0.3, 0.4) is 0 Å². The summed E-state index contributed by atoms with van der Waals surface area (Å²) in [6.45, 7) is 9.42. The van der Waals surface area contributed by atoms with Crippen molar-refractivity contribution in [1.29, 1.82) is 0 Å². The molecule has 0 heterocycles. The molecule has 0 fully saturated rings. The Labute approximate surface area is 128 Å².